The molecule has 7 heteroatoms. The molecule has 0 saturated carbocycles. The molecule has 0 radical (unpaired) electrons. The molecule has 2 atom stereocenters. The summed E-state index contributed by atoms with van der Waals surface area (Å²) in [6, 6.07) is -0.629. The van der Waals surface area contributed by atoms with Crippen LogP contribution in [-0.2, 0) is 4.79 Å². The summed E-state index contributed by atoms with van der Waals surface area (Å²) in [4.78, 5) is 21.9. The van der Waals surface area contributed by atoms with Gasteiger partial charge in [-0.3, -0.25) is 4.79 Å². The number of hydrogen-bond donors (Lipinski definition) is 3. The summed E-state index contributed by atoms with van der Waals surface area (Å²) in [6.07, 6.45) is -0.0541. The van der Waals surface area contributed by atoms with Gasteiger partial charge in [-0.05, 0) is 6.92 Å². The predicted molar refractivity (Wildman–Crippen MR) is 71.8 cm³/mol. The highest BCUT2D eigenvalue weighted by Crippen LogP contribution is 2.23. The van der Waals surface area contributed by atoms with Gasteiger partial charge >= 0.3 is 12.0 Å². The standard InChI is InChI=1S/C10H18N2O3S2/c1-7(4-9(13)14)12-10(15)11-5-8-6-16-2-3-17-8/h7-8H,2-6H2,1H3,(H,13,14)(H2,11,12,15). The van der Waals surface area contributed by atoms with E-state index < -0.39 is 5.97 Å². The van der Waals surface area contributed by atoms with Crippen LogP contribution in [0.15, 0.2) is 0 Å². The van der Waals surface area contributed by atoms with Gasteiger partial charge in [-0.1, -0.05) is 0 Å². The van der Waals surface area contributed by atoms with E-state index in [1.165, 1.54) is 5.75 Å². The van der Waals surface area contributed by atoms with Crippen molar-refractivity contribution in [2.45, 2.75) is 24.6 Å². The van der Waals surface area contributed by atoms with Crippen molar-refractivity contribution < 1.29 is 14.7 Å². The second-order valence-electron chi connectivity index (χ2n) is 3.92. The molecule has 0 spiro atoms. The van der Waals surface area contributed by atoms with Crippen LogP contribution in [0.25, 0.3) is 0 Å². The van der Waals surface area contributed by atoms with Gasteiger partial charge in [0, 0.05) is 35.1 Å². The number of urea groups is 1. The molecule has 1 saturated heterocycles. The number of carbonyl (C=O) groups is 2. The van der Waals surface area contributed by atoms with Crippen molar-refractivity contribution >= 4 is 35.5 Å². The van der Waals surface area contributed by atoms with Gasteiger partial charge in [-0.2, -0.15) is 23.5 Å². The fourth-order valence-corrected chi connectivity index (χ4v) is 4.06. The van der Waals surface area contributed by atoms with Crippen molar-refractivity contribution in [1.82, 2.24) is 10.6 Å². The van der Waals surface area contributed by atoms with Crippen molar-refractivity contribution in [2.24, 2.45) is 0 Å². The van der Waals surface area contributed by atoms with E-state index in [9.17, 15) is 9.59 Å². The summed E-state index contributed by atoms with van der Waals surface area (Å²) in [5, 5.41) is 14.4. The number of carboxylic acid groups (broad SMARTS) is 1. The molecule has 2 unspecified atom stereocenters. The maximum atomic E-state index is 11.4. The van der Waals surface area contributed by atoms with E-state index in [1.807, 2.05) is 23.5 Å². The molecule has 1 aliphatic rings. The summed E-state index contributed by atoms with van der Waals surface area (Å²) < 4.78 is 0. The Labute approximate surface area is 109 Å². The first-order valence-electron chi connectivity index (χ1n) is 5.53. The number of hydrogen-bond acceptors (Lipinski definition) is 4. The van der Waals surface area contributed by atoms with Gasteiger partial charge in [0.25, 0.3) is 0 Å². The zero-order chi connectivity index (χ0) is 12.7. The molecule has 3 N–H and O–H groups in total. The first kappa shape index (κ1) is 14.5. The SMILES string of the molecule is CC(CC(=O)O)NC(=O)NCC1CSCCS1. The van der Waals surface area contributed by atoms with Gasteiger partial charge in [-0.25, -0.2) is 4.79 Å². The molecule has 2 amide bonds. The summed E-state index contributed by atoms with van der Waals surface area (Å²) in [5.74, 6) is 2.48. The maximum Gasteiger partial charge on any atom is 0.315 e. The molecule has 5 nitrogen and oxygen atoms in total. The van der Waals surface area contributed by atoms with Crippen LogP contribution in [0.5, 0.6) is 0 Å². The number of aliphatic carboxylic acids is 1. The van der Waals surface area contributed by atoms with Crippen LogP contribution in [0.2, 0.25) is 0 Å². The predicted octanol–water partition coefficient (Wildman–Crippen LogP) is 0.997. The molecule has 1 heterocycles. The first-order chi connectivity index (χ1) is 8.08. The number of nitrogens with one attached hydrogen (secondary N) is 2. The first-order valence-corrected chi connectivity index (χ1v) is 7.73. The van der Waals surface area contributed by atoms with E-state index in [0.29, 0.717) is 11.8 Å². The second kappa shape index (κ2) is 7.71. The largest absolute Gasteiger partial charge is 0.481 e. The number of thioether (sulfide) groups is 2. The Morgan fingerprint density at radius 3 is 2.82 bits per heavy atom. The van der Waals surface area contributed by atoms with E-state index in [1.54, 1.807) is 6.92 Å². The number of amides is 2. The van der Waals surface area contributed by atoms with Gasteiger partial charge in [0.1, 0.15) is 0 Å². The average molecular weight is 278 g/mol. The second-order valence-corrected chi connectivity index (χ2v) is 6.48. The Balaban J connectivity index is 2.13. The monoisotopic (exact) mass is 278 g/mol. The summed E-state index contributed by atoms with van der Waals surface area (Å²) in [6.45, 7) is 2.32. The van der Waals surface area contributed by atoms with Gasteiger partial charge in [0.05, 0.1) is 6.42 Å². The van der Waals surface area contributed by atoms with E-state index in [0.717, 1.165) is 11.5 Å². The zero-order valence-electron chi connectivity index (χ0n) is 9.77. The minimum atomic E-state index is -0.906. The molecule has 1 aliphatic heterocycles. The summed E-state index contributed by atoms with van der Waals surface area (Å²) >= 11 is 3.78. The molecule has 1 rings (SSSR count). The van der Waals surface area contributed by atoms with Gasteiger partial charge in [0.15, 0.2) is 0 Å². The number of rotatable bonds is 5. The molecule has 17 heavy (non-hydrogen) atoms. The van der Waals surface area contributed by atoms with Gasteiger partial charge in [-0.15, -0.1) is 0 Å². The molecule has 0 aromatic carbocycles. The van der Waals surface area contributed by atoms with E-state index in [-0.39, 0.29) is 18.5 Å². The third-order valence-corrected chi connectivity index (χ3v) is 5.08. The van der Waals surface area contributed by atoms with Crippen LogP contribution in [-0.4, -0.2) is 52.2 Å². The Morgan fingerprint density at radius 2 is 2.24 bits per heavy atom. The highest BCUT2D eigenvalue weighted by atomic mass is 32.2. The van der Waals surface area contributed by atoms with Crippen molar-refractivity contribution in [3.63, 3.8) is 0 Å². The molecule has 0 bridgehead atoms. The third kappa shape index (κ3) is 6.68. The highest BCUT2D eigenvalue weighted by molar-refractivity contribution is 8.06. The lowest BCUT2D eigenvalue weighted by molar-refractivity contribution is -0.137. The molecular formula is C10H18N2O3S2. The molecule has 0 aromatic rings. The lowest BCUT2D eigenvalue weighted by atomic mass is 10.2. The Kier molecular flexibility index (Phi) is 6.57. The number of carbonyl (C=O) groups excluding carboxylic acids is 1. The fourth-order valence-electron chi connectivity index (χ4n) is 1.45. The molecule has 1 fully saturated rings. The Hall–Kier alpha value is -0.560. The maximum absolute atomic E-state index is 11.4. The van der Waals surface area contributed by atoms with Crippen LogP contribution in [0.3, 0.4) is 0 Å². The van der Waals surface area contributed by atoms with Crippen LogP contribution in [0, 0.1) is 0 Å². The Morgan fingerprint density at radius 1 is 1.47 bits per heavy atom. The normalized spacial score (nSPS) is 21.6. The van der Waals surface area contributed by atoms with Gasteiger partial charge < -0.3 is 15.7 Å². The van der Waals surface area contributed by atoms with Crippen molar-refractivity contribution in [3.05, 3.63) is 0 Å². The lowest BCUT2D eigenvalue weighted by Crippen LogP contribution is -2.44. The smallest absolute Gasteiger partial charge is 0.315 e. The van der Waals surface area contributed by atoms with Crippen molar-refractivity contribution in [1.29, 1.82) is 0 Å². The summed E-state index contributed by atoms with van der Waals surface area (Å²) in [5.41, 5.74) is 0. The van der Waals surface area contributed by atoms with Crippen molar-refractivity contribution in [2.75, 3.05) is 23.8 Å². The molecular weight excluding hydrogens is 260 g/mol. The van der Waals surface area contributed by atoms with Gasteiger partial charge in [0.2, 0.25) is 0 Å². The van der Waals surface area contributed by atoms with Crippen LogP contribution < -0.4 is 10.6 Å². The minimum absolute atomic E-state index is 0.0541. The minimum Gasteiger partial charge on any atom is -0.481 e. The van der Waals surface area contributed by atoms with E-state index in [4.69, 9.17) is 5.11 Å². The van der Waals surface area contributed by atoms with E-state index >= 15 is 0 Å². The van der Waals surface area contributed by atoms with E-state index in [2.05, 4.69) is 10.6 Å². The Bertz CT molecular complexity index is 270. The average Bonchev–Trinajstić information content (AvgIpc) is 2.26. The molecule has 98 valence electrons. The third-order valence-electron chi connectivity index (χ3n) is 2.23. The highest BCUT2D eigenvalue weighted by Gasteiger charge is 2.16. The van der Waals surface area contributed by atoms with Crippen molar-refractivity contribution in [3.8, 4) is 0 Å². The molecule has 0 aromatic heterocycles. The van der Waals surface area contributed by atoms with Crippen LogP contribution in [0.4, 0.5) is 4.79 Å². The molecule has 0 aliphatic carbocycles. The quantitative estimate of drug-likeness (QED) is 0.699. The topological polar surface area (TPSA) is 78.4 Å². The lowest BCUT2D eigenvalue weighted by Gasteiger charge is -2.21. The van der Waals surface area contributed by atoms with Crippen LogP contribution in [0.1, 0.15) is 13.3 Å². The number of carboxylic acids is 1. The zero-order valence-corrected chi connectivity index (χ0v) is 11.4. The summed E-state index contributed by atoms with van der Waals surface area (Å²) in [7, 11) is 0. The van der Waals surface area contributed by atoms with Crippen LogP contribution >= 0.6 is 23.5 Å². The fraction of sp³-hybridized carbons (Fsp3) is 0.800.